The van der Waals surface area contributed by atoms with Gasteiger partial charge in [-0.1, -0.05) is 29.3 Å². The molecule has 0 fully saturated rings. The first kappa shape index (κ1) is 12.8. The Morgan fingerprint density at radius 1 is 1.47 bits per heavy atom. The third-order valence-corrected chi connectivity index (χ3v) is 4.00. The fraction of sp³-hybridized carbons (Fsp3) is 0.250. The topological polar surface area (TPSA) is 24.9 Å². The van der Waals surface area contributed by atoms with Crippen LogP contribution in [-0.4, -0.2) is 4.98 Å². The van der Waals surface area contributed by atoms with Crippen molar-refractivity contribution in [3.05, 3.63) is 50.4 Å². The van der Waals surface area contributed by atoms with E-state index in [1.54, 1.807) is 6.20 Å². The van der Waals surface area contributed by atoms with Crippen LogP contribution in [0.2, 0.25) is 8.67 Å². The summed E-state index contributed by atoms with van der Waals surface area (Å²) >= 11 is 13.4. The predicted molar refractivity (Wildman–Crippen MR) is 73.8 cm³/mol. The quantitative estimate of drug-likeness (QED) is 0.906. The van der Waals surface area contributed by atoms with Crippen molar-refractivity contribution in [2.75, 3.05) is 0 Å². The summed E-state index contributed by atoms with van der Waals surface area (Å²) in [4.78, 5) is 4.07. The lowest BCUT2D eigenvalue weighted by Gasteiger charge is -2.12. The number of pyridine rings is 1. The van der Waals surface area contributed by atoms with Crippen molar-refractivity contribution in [3.63, 3.8) is 0 Å². The van der Waals surface area contributed by atoms with Crippen LogP contribution in [0.1, 0.15) is 24.1 Å². The van der Waals surface area contributed by atoms with Gasteiger partial charge in [-0.05, 0) is 30.2 Å². The van der Waals surface area contributed by atoms with Gasteiger partial charge in [0.25, 0.3) is 0 Å². The lowest BCUT2D eigenvalue weighted by molar-refractivity contribution is 0.575. The fourth-order valence-corrected chi connectivity index (χ4v) is 3.18. The van der Waals surface area contributed by atoms with Crippen LogP contribution in [0.4, 0.5) is 0 Å². The van der Waals surface area contributed by atoms with Crippen molar-refractivity contribution >= 4 is 34.5 Å². The molecule has 2 aromatic rings. The molecule has 0 spiro atoms. The second-order valence-electron chi connectivity index (χ2n) is 3.74. The summed E-state index contributed by atoms with van der Waals surface area (Å²) < 4.78 is 1.47. The van der Waals surface area contributed by atoms with E-state index in [1.807, 2.05) is 24.4 Å². The van der Waals surface area contributed by atoms with Gasteiger partial charge in [-0.3, -0.25) is 4.98 Å². The second-order valence-corrected chi connectivity index (χ2v) is 6.03. The standard InChI is InChI=1S/C12H12Cl2N2S/c1-8(10-5-11(13)17-12(10)14)16-7-9-3-2-4-15-6-9/h2-6,8,16H,7H2,1H3. The number of nitrogens with one attached hydrogen (secondary N) is 1. The molecule has 0 saturated heterocycles. The Morgan fingerprint density at radius 3 is 2.88 bits per heavy atom. The van der Waals surface area contributed by atoms with Gasteiger partial charge in [-0.25, -0.2) is 0 Å². The minimum Gasteiger partial charge on any atom is -0.306 e. The van der Waals surface area contributed by atoms with Gasteiger partial charge in [-0.2, -0.15) is 0 Å². The van der Waals surface area contributed by atoms with Crippen LogP contribution < -0.4 is 5.32 Å². The molecule has 17 heavy (non-hydrogen) atoms. The molecule has 90 valence electrons. The van der Waals surface area contributed by atoms with Crippen LogP contribution in [0.3, 0.4) is 0 Å². The van der Waals surface area contributed by atoms with E-state index < -0.39 is 0 Å². The van der Waals surface area contributed by atoms with Gasteiger partial charge in [0.15, 0.2) is 0 Å². The fourth-order valence-electron chi connectivity index (χ4n) is 1.53. The molecule has 0 aliphatic heterocycles. The summed E-state index contributed by atoms with van der Waals surface area (Å²) in [5, 5.41) is 3.39. The smallest absolute Gasteiger partial charge is 0.0991 e. The molecule has 0 saturated carbocycles. The number of nitrogens with zero attached hydrogens (tertiary/aromatic N) is 1. The Labute approximate surface area is 115 Å². The van der Waals surface area contributed by atoms with Gasteiger partial charge in [0.1, 0.15) is 0 Å². The zero-order valence-electron chi connectivity index (χ0n) is 9.28. The molecule has 0 amide bonds. The SMILES string of the molecule is CC(NCc1cccnc1)c1cc(Cl)sc1Cl. The lowest BCUT2D eigenvalue weighted by atomic mass is 10.1. The van der Waals surface area contributed by atoms with E-state index in [9.17, 15) is 0 Å². The Morgan fingerprint density at radius 2 is 2.29 bits per heavy atom. The van der Waals surface area contributed by atoms with E-state index in [-0.39, 0.29) is 6.04 Å². The normalized spacial score (nSPS) is 12.6. The van der Waals surface area contributed by atoms with Crippen molar-refractivity contribution < 1.29 is 0 Å². The van der Waals surface area contributed by atoms with E-state index in [2.05, 4.69) is 17.2 Å². The van der Waals surface area contributed by atoms with E-state index in [0.717, 1.165) is 26.3 Å². The number of aromatic nitrogens is 1. The summed E-state index contributed by atoms with van der Waals surface area (Å²) in [5.41, 5.74) is 2.20. The highest BCUT2D eigenvalue weighted by Crippen LogP contribution is 2.34. The second kappa shape index (κ2) is 5.83. The maximum absolute atomic E-state index is 6.10. The van der Waals surface area contributed by atoms with Gasteiger partial charge < -0.3 is 5.32 Å². The highest BCUT2D eigenvalue weighted by atomic mass is 35.5. The molecule has 5 heteroatoms. The molecule has 2 heterocycles. The van der Waals surface area contributed by atoms with Crippen molar-refractivity contribution in [3.8, 4) is 0 Å². The summed E-state index contributed by atoms with van der Waals surface area (Å²) in [7, 11) is 0. The molecule has 0 aromatic carbocycles. The zero-order chi connectivity index (χ0) is 12.3. The summed E-state index contributed by atoms with van der Waals surface area (Å²) in [5.74, 6) is 0. The van der Waals surface area contributed by atoms with Crippen LogP contribution in [0.25, 0.3) is 0 Å². The number of halogens is 2. The number of hydrogen-bond acceptors (Lipinski definition) is 3. The molecule has 0 bridgehead atoms. The van der Waals surface area contributed by atoms with Gasteiger partial charge >= 0.3 is 0 Å². The van der Waals surface area contributed by atoms with Crippen LogP contribution in [0, 0.1) is 0 Å². The van der Waals surface area contributed by atoms with E-state index in [0.29, 0.717) is 0 Å². The van der Waals surface area contributed by atoms with Gasteiger partial charge in [-0.15, -0.1) is 11.3 Å². The Kier molecular flexibility index (Phi) is 4.40. The van der Waals surface area contributed by atoms with Crippen LogP contribution >= 0.6 is 34.5 Å². The molecular weight excluding hydrogens is 275 g/mol. The van der Waals surface area contributed by atoms with Crippen molar-refractivity contribution in [1.82, 2.24) is 10.3 Å². The van der Waals surface area contributed by atoms with E-state index >= 15 is 0 Å². The summed E-state index contributed by atoms with van der Waals surface area (Å²) in [6.07, 6.45) is 3.62. The average Bonchev–Trinajstić information content (AvgIpc) is 2.67. The average molecular weight is 287 g/mol. The van der Waals surface area contributed by atoms with Gasteiger partial charge in [0.05, 0.1) is 8.67 Å². The van der Waals surface area contributed by atoms with Crippen molar-refractivity contribution in [2.24, 2.45) is 0 Å². The first-order valence-corrected chi connectivity index (χ1v) is 6.81. The van der Waals surface area contributed by atoms with Crippen LogP contribution in [-0.2, 0) is 6.54 Å². The highest BCUT2D eigenvalue weighted by molar-refractivity contribution is 7.20. The third-order valence-electron chi connectivity index (χ3n) is 2.48. The first-order chi connectivity index (χ1) is 8.16. The molecule has 1 atom stereocenters. The maximum atomic E-state index is 6.10. The lowest BCUT2D eigenvalue weighted by Crippen LogP contribution is -2.17. The van der Waals surface area contributed by atoms with Crippen LogP contribution in [0.5, 0.6) is 0 Å². The minimum atomic E-state index is 0.173. The molecule has 2 nitrogen and oxygen atoms in total. The zero-order valence-corrected chi connectivity index (χ0v) is 11.6. The molecule has 1 unspecified atom stereocenters. The van der Waals surface area contributed by atoms with Gasteiger partial charge in [0, 0.05) is 25.0 Å². The predicted octanol–water partition coefficient (Wildman–Crippen LogP) is 4.30. The Balaban J connectivity index is 1.98. The third kappa shape index (κ3) is 3.42. The maximum Gasteiger partial charge on any atom is 0.0991 e. The number of thiophene rings is 1. The molecular formula is C12H12Cl2N2S. The van der Waals surface area contributed by atoms with E-state index in [1.165, 1.54) is 11.3 Å². The highest BCUT2D eigenvalue weighted by Gasteiger charge is 2.12. The monoisotopic (exact) mass is 286 g/mol. The van der Waals surface area contributed by atoms with E-state index in [4.69, 9.17) is 23.2 Å². The molecule has 2 aromatic heterocycles. The van der Waals surface area contributed by atoms with Gasteiger partial charge in [0.2, 0.25) is 0 Å². The number of rotatable bonds is 4. The molecule has 0 aliphatic carbocycles. The number of hydrogen-bond donors (Lipinski definition) is 1. The molecule has 0 radical (unpaired) electrons. The Bertz CT molecular complexity index is 485. The summed E-state index contributed by atoms with van der Waals surface area (Å²) in [6.45, 7) is 2.83. The van der Waals surface area contributed by atoms with Crippen molar-refractivity contribution in [2.45, 2.75) is 19.5 Å². The van der Waals surface area contributed by atoms with Crippen LogP contribution in [0.15, 0.2) is 30.6 Å². The molecule has 0 aliphatic rings. The Hall–Kier alpha value is -0.610. The largest absolute Gasteiger partial charge is 0.306 e. The molecule has 2 rings (SSSR count). The summed E-state index contributed by atoms with van der Waals surface area (Å²) in [6, 6.07) is 6.05. The molecule has 1 N–H and O–H groups in total. The minimum absolute atomic E-state index is 0.173. The first-order valence-electron chi connectivity index (χ1n) is 5.24. The van der Waals surface area contributed by atoms with Crippen molar-refractivity contribution in [1.29, 1.82) is 0 Å².